The zero-order valence-electron chi connectivity index (χ0n) is 36.5. The predicted molar refractivity (Wildman–Crippen MR) is 233 cm³/mol. The number of nitrogens with two attached hydrogens (primary N) is 1. The van der Waals surface area contributed by atoms with Crippen LogP contribution in [0.15, 0.2) is 53.0 Å². The van der Waals surface area contributed by atoms with E-state index in [2.05, 4.69) is 45.7 Å². The highest BCUT2D eigenvalue weighted by atomic mass is 16.5. The van der Waals surface area contributed by atoms with Gasteiger partial charge >= 0.3 is 11.7 Å². The number of hydrogen-bond donors (Lipinski definition) is 1. The molecule has 316 valence electrons. The van der Waals surface area contributed by atoms with E-state index >= 15 is 0 Å². The van der Waals surface area contributed by atoms with Gasteiger partial charge < -0.3 is 15.2 Å². The van der Waals surface area contributed by atoms with Crippen molar-refractivity contribution in [1.29, 1.82) is 0 Å². The number of hydrogen-bond acceptors (Lipinski definition) is 6. The molecule has 4 aliphatic rings. The number of aromatic nitrogens is 2. The Labute approximate surface area is 345 Å². The highest BCUT2D eigenvalue weighted by molar-refractivity contribution is 5.89. The summed E-state index contributed by atoms with van der Waals surface area (Å²) in [5.74, 6) is 5.93. The summed E-state index contributed by atoms with van der Waals surface area (Å²) in [6.45, 7) is 14.0. The van der Waals surface area contributed by atoms with Crippen LogP contribution in [0.3, 0.4) is 0 Å². The number of carbonyl (C=O) groups is 1. The Kier molecular flexibility index (Phi) is 15.4. The van der Waals surface area contributed by atoms with Gasteiger partial charge in [-0.25, -0.2) is 9.59 Å². The second-order valence-electron chi connectivity index (χ2n) is 19.8. The van der Waals surface area contributed by atoms with Crippen molar-refractivity contribution >= 4 is 11.8 Å². The summed E-state index contributed by atoms with van der Waals surface area (Å²) in [5, 5.41) is 0. The largest absolute Gasteiger partial charge is 0.494 e. The zero-order valence-corrected chi connectivity index (χ0v) is 36.5. The van der Waals surface area contributed by atoms with Crippen LogP contribution in [0.2, 0.25) is 0 Å². The number of rotatable bonds is 21. The van der Waals surface area contributed by atoms with Crippen LogP contribution in [0.5, 0.6) is 5.75 Å². The maximum Gasteiger partial charge on any atom is 0.349 e. The van der Waals surface area contributed by atoms with Crippen molar-refractivity contribution in [3.05, 3.63) is 64.2 Å². The molecule has 0 amide bonds. The lowest BCUT2D eigenvalue weighted by molar-refractivity contribution is -0.0594. The molecule has 2 aromatic rings. The second kappa shape index (κ2) is 20.2. The SMILES string of the molecule is CC(C)CCC[C@@H](C)[C@H]1CC[C@H]2[C@@H]3CC=C4CC(OC(=O)c5ccc(OCCCCCCCCCCCCn6ccc(N)nc6=O)cc5)CC[C@]4(C)[C@H]3CC[C@]12C. The van der Waals surface area contributed by atoms with E-state index in [4.69, 9.17) is 15.2 Å². The molecule has 0 aliphatic heterocycles. The number of nitrogens with zero attached hydrogens (tertiary/aromatic N) is 2. The van der Waals surface area contributed by atoms with Crippen LogP contribution in [-0.4, -0.2) is 28.2 Å². The summed E-state index contributed by atoms with van der Waals surface area (Å²) >= 11 is 0. The summed E-state index contributed by atoms with van der Waals surface area (Å²) in [7, 11) is 0. The number of allylic oxidation sites excluding steroid dienone is 1. The summed E-state index contributed by atoms with van der Waals surface area (Å²) in [5.41, 5.74) is 8.27. The molecule has 1 aromatic carbocycles. The number of anilines is 1. The minimum atomic E-state index is -0.257. The average molecular weight is 784 g/mol. The lowest BCUT2D eigenvalue weighted by Gasteiger charge is -2.58. The molecule has 1 heterocycles. The molecule has 1 aromatic heterocycles. The Morgan fingerprint density at radius 3 is 2.25 bits per heavy atom. The quantitative estimate of drug-likeness (QED) is 0.0769. The number of benzene rings is 1. The number of aryl methyl sites for hydroxylation is 1. The van der Waals surface area contributed by atoms with Crippen LogP contribution in [0.25, 0.3) is 0 Å². The minimum absolute atomic E-state index is 0.0297. The molecule has 0 spiro atoms. The molecule has 0 saturated heterocycles. The fraction of sp³-hybridized carbons (Fsp3) is 0.740. The van der Waals surface area contributed by atoms with Gasteiger partial charge in [0.05, 0.1) is 12.2 Å². The lowest BCUT2D eigenvalue weighted by atomic mass is 9.47. The van der Waals surface area contributed by atoms with Crippen molar-refractivity contribution in [1.82, 2.24) is 9.55 Å². The van der Waals surface area contributed by atoms with E-state index < -0.39 is 0 Å². The first-order valence-electron chi connectivity index (χ1n) is 23.4. The molecule has 7 nitrogen and oxygen atoms in total. The van der Waals surface area contributed by atoms with Crippen molar-refractivity contribution in [2.24, 2.45) is 46.3 Å². The van der Waals surface area contributed by atoms with Gasteiger partial charge in [0.15, 0.2) is 0 Å². The van der Waals surface area contributed by atoms with E-state index in [0.717, 1.165) is 79.8 Å². The van der Waals surface area contributed by atoms with Crippen LogP contribution < -0.4 is 16.2 Å². The number of esters is 1. The van der Waals surface area contributed by atoms with Crippen LogP contribution in [0, 0.1) is 46.3 Å². The maximum atomic E-state index is 13.3. The van der Waals surface area contributed by atoms with Crippen LogP contribution in [-0.2, 0) is 11.3 Å². The number of nitrogen functional groups attached to an aromatic ring is 1. The zero-order chi connectivity index (χ0) is 40.4. The number of fused-ring (bicyclic) bond motifs is 5. The molecule has 0 bridgehead atoms. The third kappa shape index (κ3) is 10.9. The molecule has 7 heteroatoms. The van der Waals surface area contributed by atoms with Gasteiger partial charge in [-0.1, -0.05) is 117 Å². The van der Waals surface area contributed by atoms with Crippen molar-refractivity contribution in [3.63, 3.8) is 0 Å². The Balaban J connectivity index is 0.846. The predicted octanol–water partition coefficient (Wildman–Crippen LogP) is 12.4. The fourth-order valence-electron chi connectivity index (χ4n) is 12.3. The highest BCUT2D eigenvalue weighted by Crippen LogP contribution is 2.67. The fourth-order valence-corrected chi connectivity index (χ4v) is 12.3. The van der Waals surface area contributed by atoms with Gasteiger partial charge in [0.25, 0.3) is 0 Å². The Hall–Kier alpha value is -3.09. The number of unbranched alkanes of at least 4 members (excludes halogenated alkanes) is 9. The summed E-state index contributed by atoms with van der Waals surface area (Å²) in [6, 6.07) is 9.24. The summed E-state index contributed by atoms with van der Waals surface area (Å²) < 4.78 is 13.8. The molecule has 1 unspecified atom stereocenters. The third-order valence-electron chi connectivity index (χ3n) is 15.6. The van der Waals surface area contributed by atoms with E-state index in [0.29, 0.717) is 24.1 Å². The topological polar surface area (TPSA) is 96.4 Å². The Bertz CT molecular complexity index is 1670. The first-order chi connectivity index (χ1) is 27.5. The number of carbonyl (C=O) groups excluding carboxylic acids is 1. The monoisotopic (exact) mass is 784 g/mol. The average Bonchev–Trinajstić information content (AvgIpc) is 3.55. The van der Waals surface area contributed by atoms with Crippen LogP contribution in [0.4, 0.5) is 5.82 Å². The van der Waals surface area contributed by atoms with Gasteiger partial charge in [-0.3, -0.25) is 4.57 Å². The molecule has 3 saturated carbocycles. The molecule has 6 rings (SSSR count). The van der Waals surface area contributed by atoms with Gasteiger partial charge in [-0.05, 0) is 134 Å². The molecule has 57 heavy (non-hydrogen) atoms. The second-order valence-corrected chi connectivity index (χ2v) is 19.8. The van der Waals surface area contributed by atoms with E-state index in [-0.39, 0.29) is 29.0 Å². The lowest BCUT2D eigenvalue weighted by Crippen LogP contribution is -2.51. The molecule has 2 N–H and O–H groups in total. The number of ether oxygens (including phenoxy) is 2. The minimum Gasteiger partial charge on any atom is -0.494 e. The normalized spacial score (nSPS) is 28.6. The van der Waals surface area contributed by atoms with E-state index in [1.54, 1.807) is 22.4 Å². The Morgan fingerprint density at radius 2 is 1.54 bits per heavy atom. The molecule has 4 aliphatic carbocycles. The van der Waals surface area contributed by atoms with E-state index in [1.165, 1.54) is 96.3 Å². The first-order valence-corrected chi connectivity index (χ1v) is 23.4. The highest BCUT2D eigenvalue weighted by Gasteiger charge is 2.59. The third-order valence-corrected chi connectivity index (χ3v) is 15.6. The van der Waals surface area contributed by atoms with E-state index in [1.807, 2.05) is 24.3 Å². The van der Waals surface area contributed by atoms with Crippen molar-refractivity contribution in [2.75, 3.05) is 12.3 Å². The summed E-state index contributed by atoms with van der Waals surface area (Å²) in [4.78, 5) is 28.9. The molecule has 8 atom stereocenters. The maximum absolute atomic E-state index is 13.3. The standard InChI is InChI=1S/C50H77N3O4/c1-36(2)17-16-18-37(3)43-25-26-44-42-24-21-39-35-41(27-30-49(39,4)45(42)28-31-50(43,44)5)57-47(54)38-19-22-40(23-20-38)56-34-15-13-11-9-7-6-8-10-12-14-32-53-33-29-46(51)52-48(53)55/h19-23,29,33,36-37,41-45H,6-18,24-28,30-32,34-35H2,1-5H3,(H2,51,52,55)/t37-,41?,42+,43-,44+,45+,49+,50-/m1/s1. The Morgan fingerprint density at radius 1 is 0.842 bits per heavy atom. The van der Waals surface area contributed by atoms with Gasteiger partial charge in [0, 0.05) is 19.2 Å². The van der Waals surface area contributed by atoms with Crippen molar-refractivity contribution in [3.8, 4) is 5.75 Å². The molecular formula is C50H77N3O4. The molecule has 0 radical (unpaired) electrons. The summed E-state index contributed by atoms with van der Waals surface area (Å²) in [6.07, 6.45) is 30.2. The van der Waals surface area contributed by atoms with Gasteiger partial charge in [0.1, 0.15) is 17.7 Å². The smallest absolute Gasteiger partial charge is 0.349 e. The van der Waals surface area contributed by atoms with Gasteiger partial charge in [-0.2, -0.15) is 4.98 Å². The molecule has 3 fully saturated rings. The van der Waals surface area contributed by atoms with Gasteiger partial charge in [0.2, 0.25) is 0 Å². The van der Waals surface area contributed by atoms with E-state index in [9.17, 15) is 9.59 Å². The van der Waals surface area contributed by atoms with Gasteiger partial charge in [-0.15, -0.1) is 0 Å². The van der Waals surface area contributed by atoms with Crippen molar-refractivity contribution in [2.45, 2.75) is 182 Å². The molecular weight excluding hydrogens is 707 g/mol. The first kappa shape index (κ1) is 43.5. The van der Waals surface area contributed by atoms with Crippen LogP contribution in [0.1, 0.15) is 180 Å². The van der Waals surface area contributed by atoms with Crippen LogP contribution >= 0.6 is 0 Å². The van der Waals surface area contributed by atoms with Crippen molar-refractivity contribution < 1.29 is 14.3 Å².